The van der Waals surface area contributed by atoms with Crippen molar-refractivity contribution in [1.29, 1.82) is 0 Å². The van der Waals surface area contributed by atoms with Gasteiger partial charge >= 0.3 is 0 Å². The molecule has 36 heavy (non-hydrogen) atoms. The van der Waals surface area contributed by atoms with E-state index in [4.69, 9.17) is 51.4 Å². The predicted octanol–water partition coefficient (Wildman–Crippen LogP) is 8.62. The van der Waals surface area contributed by atoms with E-state index in [2.05, 4.69) is 15.6 Å². The second-order valence-corrected chi connectivity index (χ2v) is 10.5. The van der Waals surface area contributed by atoms with E-state index in [0.717, 1.165) is 26.4 Å². The van der Waals surface area contributed by atoms with Gasteiger partial charge in [-0.15, -0.1) is 11.3 Å². The van der Waals surface area contributed by atoms with Gasteiger partial charge in [0.1, 0.15) is 10.8 Å². The highest BCUT2D eigenvalue weighted by Crippen LogP contribution is 2.39. The van der Waals surface area contributed by atoms with Gasteiger partial charge in [-0.2, -0.15) is 0 Å². The molecule has 0 aliphatic rings. The summed E-state index contributed by atoms with van der Waals surface area (Å²) in [6, 6.07) is 20.0. The molecule has 0 fully saturated rings. The molecule has 0 unspecified atom stereocenters. The Morgan fingerprint density at radius 3 is 2.56 bits per heavy atom. The molecular weight excluding hydrogens is 557 g/mol. The smallest absolute Gasteiger partial charge is 0.293 e. The summed E-state index contributed by atoms with van der Waals surface area (Å²) in [7, 11) is 0. The Bertz CT molecular complexity index is 1610. The van der Waals surface area contributed by atoms with Crippen LogP contribution in [0.4, 0.5) is 5.69 Å². The molecule has 0 aliphatic heterocycles. The number of aryl methyl sites for hydroxylation is 1. The van der Waals surface area contributed by atoms with Crippen LogP contribution in [0.15, 0.2) is 71.1 Å². The molecule has 2 heterocycles. The minimum absolute atomic E-state index is 0.0517. The number of thiocarbonyl (C=S) groups is 1. The number of amides is 1. The lowest BCUT2D eigenvalue weighted by Gasteiger charge is -2.12. The molecule has 1 amide bonds. The van der Waals surface area contributed by atoms with Crippen molar-refractivity contribution in [2.24, 2.45) is 0 Å². The minimum Gasteiger partial charge on any atom is -0.451 e. The second-order valence-electron chi connectivity index (χ2n) is 7.83. The summed E-state index contributed by atoms with van der Waals surface area (Å²) in [5, 5.41) is 7.79. The number of carbonyl (C=O) groups is 1. The van der Waals surface area contributed by atoms with E-state index >= 15 is 0 Å². The average Bonchev–Trinajstić information content (AvgIpc) is 3.50. The van der Waals surface area contributed by atoms with E-state index in [1.54, 1.807) is 30.3 Å². The number of carbonyl (C=O) groups excluding carboxylic acids is 1. The quantitative estimate of drug-likeness (QED) is 0.211. The number of thiazole rings is 1. The van der Waals surface area contributed by atoms with Crippen LogP contribution >= 0.6 is 58.4 Å². The summed E-state index contributed by atoms with van der Waals surface area (Å²) in [4.78, 5) is 17.4. The number of rotatable bonds is 4. The standard InChI is InChI=1S/C26H16Cl3N3O2S2/c1-13-6-7-14(10-16(13)27)21-8-9-22(34-21)24(33)32-26(35)31-20-11-15(17(28)12-18(20)29)25-30-19-4-2-3-5-23(19)36-25/h2-12H,1H3,(H2,31,32,33,35). The molecule has 0 bridgehead atoms. The van der Waals surface area contributed by atoms with Crippen LogP contribution in [0.2, 0.25) is 15.1 Å². The maximum absolute atomic E-state index is 12.7. The van der Waals surface area contributed by atoms with E-state index in [1.165, 1.54) is 11.3 Å². The molecule has 0 spiro atoms. The Kier molecular flexibility index (Phi) is 7.01. The van der Waals surface area contributed by atoms with Crippen LogP contribution in [-0.4, -0.2) is 16.0 Å². The first kappa shape index (κ1) is 24.7. The predicted molar refractivity (Wildman–Crippen MR) is 153 cm³/mol. The maximum Gasteiger partial charge on any atom is 0.293 e. The lowest BCUT2D eigenvalue weighted by atomic mass is 10.1. The summed E-state index contributed by atoms with van der Waals surface area (Å²) in [5.74, 6) is 0.110. The van der Waals surface area contributed by atoms with Gasteiger partial charge in [-0.3, -0.25) is 10.1 Å². The number of fused-ring (bicyclic) bond motifs is 1. The average molecular weight is 573 g/mol. The molecule has 0 radical (unpaired) electrons. The number of nitrogens with one attached hydrogen (secondary N) is 2. The number of hydrogen-bond acceptors (Lipinski definition) is 5. The normalized spacial score (nSPS) is 11.0. The van der Waals surface area contributed by atoms with E-state index in [0.29, 0.717) is 32.1 Å². The van der Waals surface area contributed by atoms with Crippen LogP contribution in [0.1, 0.15) is 16.1 Å². The first-order valence-corrected chi connectivity index (χ1v) is 13.0. The molecule has 0 atom stereocenters. The van der Waals surface area contributed by atoms with Crippen molar-refractivity contribution >= 4 is 85.3 Å². The Morgan fingerprint density at radius 2 is 1.78 bits per heavy atom. The molecule has 2 aromatic heterocycles. The van der Waals surface area contributed by atoms with E-state index in [-0.39, 0.29) is 10.9 Å². The second kappa shape index (κ2) is 10.2. The third kappa shape index (κ3) is 5.12. The number of nitrogens with zero attached hydrogens (tertiary/aromatic N) is 1. The number of benzene rings is 3. The highest BCUT2D eigenvalue weighted by atomic mass is 35.5. The van der Waals surface area contributed by atoms with Gasteiger partial charge in [-0.1, -0.05) is 59.1 Å². The Labute approximate surface area is 231 Å². The number of furan rings is 1. The lowest BCUT2D eigenvalue weighted by molar-refractivity contribution is 0.0951. The Morgan fingerprint density at radius 1 is 0.972 bits per heavy atom. The zero-order valence-electron chi connectivity index (χ0n) is 18.6. The topological polar surface area (TPSA) is 67.2 Å². The number of anilines is 1. The molecule has 3 aromatic carbocycles. The van der Waals surface area contributed by atoms with Gasteiger partial charge in [0.15, 0.2) is 10.9 Å². The first-order chi connectivity index (χ1) is 17.3. The monoisotopic (exact) mass is 571 g/mol. The molecule has 5 nitrogen and oxygen atoms in total. The van der Waals surface area contributed by atoms with Crippen molar-refractivity contribution in [3.05, 3.63) is 93.1 Å². The van der Waals surface area contributed by atoms with Crippen LogP contribution in [0, 0.1) is 6.92 Å². The van der Waals surface area contributed by atoms with Gasteiger partial charge in [0.2, 0.25) is 0 Å². The van der Waals surface area contributed by atoms with Crippen LogP contribution in [0.25, 0.3) is 32.1 Å². The van der Waals surface area contributed by atoms with Crippen molar-refractivity contribution in [2.75, 3.05) is 5.32 Å². The van der Waals surface area contributed by atoms with Crippen LogP contribution in [0.5, 0.6) is 0 Å². The van der Waals surface area contributed by atoms with Gasteiger partial charge in [0.25, 0.3) is 5.91 Å². The summed E-state index contributed by atoms with van der Waals surface area (Å²) in [5.41, 5.74) is 3.78. The van der Waals surface area contributed by atoms with Gasteiger partial charge in [0.05, 0.1) is 25.9 Å². The van der Waals surface area contributed by atoms with Crippen LogP contribution < -0.4 is 10.6 Å². The first-order valence-electron chi connectivity index (χ1n) is 10.6. The fraction of sp³-hybridized carbons (Fsp3) is 0.0385. The molecule has 5 rings (SSSR count). The fourth-order valence-electron chi connectivity index (χ4n) is 3.48. The van der Waals surface area contributed by atoms with Crippen molar-refractivity contribution in [1.82, 2.24) is 10.3 Å². The minimum atomic E-state index is -0.506. The van der Waals surface area contributed by atoms with Gasteiger partial charge < -0.3 is 9.73 Å². The zero-order valence-corrected chi connectivity index (χ0v) is 22.5. The van der Waals surface area contributed by atoms with Crippen molar-refractivity contribution in [3.8, 4) is 21.9 Å². The maximum atomic E-state index is 12.7. The molecule has 10 heteroatoms. The van der Waals surface area contributed by atoms with E-state index < -0.39 is 5.91 Å². The highest BCUT2D eigenvalue weighted by molar-refractivity contribution is 7.80. The molecule has 0 saturated carbocycles. The molecular formula is C26H16Cl3N3O2S2. The van der Waals surface area contributed by atoms with Gasteiger partial charge in [-0.25, -0.2) is 4.98 Å². The third-order valence-electron chi connectivity index (χ3n) is 5.34. The third-order valence-corrected chi connectivity index (χ3v) is 7.65. The summed E-state index contributed by atoms with van der Waals surface area (Å²) in [6.07, 6.45) is 0. The Hall–Kier alpha value is -2.94. The molecule has 5 aromatic rings. The van der Waals surface area contributed by atoms with Crippen LogP contribution in [-0.2, 0) is 0 Å². The lowest BCUT2D eigenvalue weighted by Crippen LogP contribution is -2.34. The number of hydrogen-bond donors (Lipinski definition) is 2. The Balaban J connectivity index is 1.32. The van der Waals surface area contributed by atoms with Crippen molar-refractivity contribution < 1.29 is 9.21 Å². The number of aromatic nitrogens is 1. The molecule has 2 N–H and O–H groups in total. The molecule has 0 aliphatic carbocycles. The number of halogens is 3. The van der Waals surface area contributed by atoms with E-state index in [9.17, 15) is 4.79 Å². The van der Waals surface area contributed by atoms with Crippen molar-refractivity contribution in [2.45, 2.75) is 6.92 Å². The zero-order chi connectivity index (χ0) is 25.4. The van der Waals surface area contributed by atoms with E-state index in [1.807, 2.05) is 43.3 Å². The summed E-state index contributed by atoms with van der Waals surface area (Å²) < 4.78 is 6.76. The number of para-hydroxylation sites is 1. The largest absolute Gasteiger partial charge is 0.451 e. The highest BCUT2D eigenvalue weighted by Gasteiger charge is 2.17. The fourth-order valence-corrected chi connectivity index (χ4v) is 5.43. The van der Waals surface area contributed by atoms with Gasteiger partial charge in [0, 0.05) is 16.1 Å². The van der Waals surface area contributed by atoms with Crippen molar-refractivity contribution in [3.63, 3.8) is 0 Å². The SMILES string of the molecule is Cc1ccc(-c2ccc(C(=O)NC(=S)Nc3cc(-c4nc5ccccc5s4)c(Cl)cc3Cl)o2)cc1Cl. The summed E-state index contributed by atoms with van der Waals surface area (Å²) in [6.45, 7) is 1.91. The molecule has 0 saturated heterocycles. The van der Waals surface area contributed by atoms with Gasteiger partial charge in [-0.05, 0) is 67.2 Å². The van der Waals surface area contributed by atoms with Crippen LogP contribution in [0.3, 0.4) is 0 Å². The molecule has 180 valence electrons. The summed E-state index contributed by atoms with van der Waals surface area (Å²) >= 11 is 25.9.